The van der Waals surface area contributed by atoms with Gasteiger partial charge < -0.3 is 29.4 Å². The van der Waals surface area contributed by atoms with Crippen LogP contribution in [0.25, 0.3) is 10.9 Å². The van der Waals surface area contributed by atoms with E-state index in [1.54, 1.807) is 29.0 Å². The molecule has 2 aromatic rings. The van der Waals surface area contributed by atoms with E-state index < -0.39 is 18.0 Å². The average molecular weight is 435 g/mol. The van der Waals surface area contributed by atoms with Crippen LogP contribution in [0.3, 0.4) is 0 Å². The number of hydrogen-bond acceptors (Lipinski definition) is 7. The van der Waals surface area contributed by atoms with Crippen LogP contribution < -0.4 is 4.74 Å². The lowest BCUT2D eigenvalue weighted by Gasteiger charge is -2.37. The highest BCUT2D eigenvalue weighted by Gasteiger charge is 2.33. The molecular weight excluding hydrogens is 406 g/mol. The van der Waals surface area contributed by atoms with Gasteiger partial charge in [0.1, 0.15) is 18.3 Å². The van der Waals surface area contributed by atoms with Crippen LogP contribution >= 0.6 is 0 Å². The third-order valence-corrected chi connectivity index (χ3v) is 5.51. The van der Waals surface area contributed by atoms with Crippen LogP contribution in [-0.4, -0.2) is 101 Å². The van der Waals surface area contributed by atoms with Crippen LogP contribution in [0.4, 0.5) is 0 Å². The SMILES string of the molecule is COc1ccc2c(c1)c([C@H](C(=O)O)N1CCN(CCOCCO)CC1)cn2CC(=O)O. The number of aliphatic hydroxyl groups excluding tert-OH is 1. The van der Waals surface area contributed by atoms with Gasteiger partial charge in [0.05, 0.1) is 26.9 Å². The molecule has 1 aromatic heterocycles. The zero-order valence-electron chi connectivity index (χ0n) is 17.6. The summed E-state index contributed by atoms with van der Waals surface area (Å²) in [6.45, 7) is 3.81. The number of carboxylic acid groups (broad SMARTS) is 2. The van der Waals surface area contributed by atoms with Crippen molar-refractivity contribution in [2.24, 2.45) is 0 Å². The first kappa shape index (κ1) is 23.0. The summed E-state index contributed by atoms with van der Waals surface area (Å²) in [4.78, 5) is 27.7. The van der Waals surface area contributed by atoms with Crippen LogP contribution in [0.1, 0.15) is 11.6 Å². The number of nitrogens with zero attached hydrogens (tertiary/aromatic N) is 3. The number of piperazine rings is 1. The average Bonchev–Trinajstić information content (AvgIpc) is 3.08. The molecule has 3 N–H and O–H groups in total. The Morgan fingerprint density at radius 3 is 2.48 bits per heavy atom. The summed E-state index contributed by atoms with van der Waals surface area (Å²) >= 11 is 0. The molecule has 0 bridgehead atoms. The molecule has 170 valence electrons. The predicted molar refractivity (Wildman–Crippen MR) is 112 cm³/mol. The molecule has 0 aliphatic carbocycles. The lowest BCUT2D eigenvalue weighted by Crippen LogP contribution is -2.49. The molecule has 10 heteroatoms. The third kappa shape index (κ3) is 5.53. The second-order valence-corrected chi connectivity index (χ2v) is 7.44. The first-order valence-electron chi connectivity index (χ1n) is 10.2. The molecule has 2 heterocycles. The summed E-state index contributed by atoms with van der Waals surface area (Å²) in [6.07, 6.45) is 1.63. The minimum Gasteiger partial charge on any atom is -0.497 e. The van der Waals surface area contributed by atoms with E-state index >= 15 is 0 Å². The van der Waals surface area contributed by atoms with E-state index in [-0.39, 0.29) is 13.2 Å². The second-order valence-electron chi connectivity index (χ2n) is 7.44. The number of hydrogen-bond donors (Lipinski definition) is 3. The summed E-state index contributed by atoms with van der Waals surface area (Å²) in [7, 11) is 1.53. The summed E-state index contributed by atoms with van der Waals surface area (Å²) < 4.78 is 12.2. The van der Waals surface area contributed by atoms with Crippen LogP contribution in [-0.2, 0) is 20.9 Å². The normalized spacial score (nSPS) is 16.5. The van der Waals surface area contributed by atoms with Crippen LogP contribution in [0.2, 0.25) is 0 Å². The van der Waals surface area contributed by atoms with E-state index in [0.717, 1.165) is 6.54 Å². The number of rotatable bonds is 11. The van der Waals surface area contributed by atoms with Crippen molar-refractivity contribution in [3.63, 3.8) is 0 Å². The smallest absolute Gasteiger partial charge is 0.325 e. The van der Waals surface area contributed by atoms with Gasteiger partial charge >= 0.3 is 11.9 Å². The first-order chi connectivity index (χ1) is 14.9. The number of aromatic nitrogens is 1. The minimum atomic E-state index is -0.997. The van der Waals surface area contributed by atoms with Crippen molar-refractivity contribution in [2.45, 2.75) is 12.6 Å². The Kier molecular flexibility index (Phi) is 7.85. The molecule has 1 aliphatic rings. The molecule has 1 saturated heterocycles. The molecule has 0 saturated carbocycles. The van der Waals surface area contributed by atoms with Crippen molar-refractivity contribution < 1.29 is 34.4 Å². The Morgan fingerprint density at radius 1 is 1.13 bits per heavy atom. The summed E-state index contributed by atoms with van der Waals surface area (Å²) in [5, 5.41) is 28.8. The number of carboxylic acids is 2. The van der Waals surface area contributed by atoms with Crippen molar-refractivity contribution in [3.05, 3.63) is 30.0 Å². The number of aliphatic hydroxyl groups is 1. The van der Waals surface area contributed by atoms with Gasteiger partial charge in [-0.25, -0.2) is 0 Å². The molecular formula is C21H29N3O7. The van der Waals surface area contributed by atoms with Gasteiger partial charge in [0, 0.05) is 55.4 Å². The quantitative estimate of drug-likeness (QED) is 0.432. The van der Waals surface area contributed by atoms with Gasteiger partial charge in [-0.2, -0.15) is 0 Å². The maximum Gasteiger partial charge on any atom is 0.325 e. The number of fused-ring (bicyclic) bond motifs is 1. The molecule has 0 spiro atoms. The van der Waals surface area contributed by atoms with E-state index in [9.17, 15) is 19.8 Å². The number of ether oxygens (including phenoxy) is 2. The van der Waals surface area contributed by atoms with Crippen molar-refractivity contribution in [2.75, 3.05) is 59.7 Å². The second kappa shape index (κ2) is 10.6. The Bertz CT molecular complexity index is 906. The maximum absolute atomic E-state index is 12.3. The summed E-state index contributed by atoms with van der Waals surface area (Å²) in [5.41, 5.74) is 1.21. The van der Waals surface area contributed by atoms with Gasteiger partial charge in [-0.1, -0.05) is 0 Å². The van der Waals surface area contributed by atoms with Gasteiger partial charge in [0.2, 0.25) is 0 Å². The molecule has 31 heavy (non-hydrogen) atoms. The maximum atomic E-state index is 12.3. The molecule has 1 atom stereocenters. The van der Waals surface area contributed by atoms with Gasteiger partial charge in [-0.05, 0) is 18.2 Å². The zero-order chi connectivity index (χ0) is 22.4. The topological polar surface area (TPSA) is 125 Å². The summed E-state index contributed by atoms with van der Waals surface area (Å²) in [5.74, 6) is -1.39. The summed E-state index contributed by atoms with van der Waals surface area (Å²) in [6, 6.07) is 4.35. The van der Waals surface area contributed by atoms with Crippen LogP contribution in [0.15, 0.2) is 24.4 Å². The van der Waals surface area contributed by atoms with Gasteiger partial charge in [0.15, 0.2) is 0 Å². The third-order valence-electron chi connectivity index (χ3n) is 5.51. The van der Waals surface area contributed by atoms with Gasteiger partial charge in [0.25, 0.3) is 0 Å². The molecule has 0 radical (unpaired) electrons. The van der Waals surface area contributed by atoms with Gasteiger partial charge in [-0.3, -0.25) is 19.4 Å². The number of methoxy groups -OCH3 is 1. The van der Waals surface area contributed by atoms with Crippen molar-refractivity contribution in [1.29, 1.82) is 0 Å². The molecule has 3 rings (SSSR count). The molecule has 1 aliphatic heterocycles. The Labute approximate surface area is 180 Å². The van der Waals surface area contributed by atoms with Crippen molar-refractivity contribution >= 4 is 22.8 Å². The van der Waals surface area contributed by atoms with E-state index in [1.807, 2.05) is 4.90 Å². The van der Waals surface area contributed by atoms with E-state index in [0.29, 0.717) is 61.6 Å². The number of carbonyl (C=O) groups is 2. The Morgan fingerprint density at radius 2 is 1.87 bits per heavy atom. The van der Waals surface area contributed by atoms with E-state index in [2.05, 4.69) is 4.90 Å². The fourth-order valence-corrected chi connectivity index (χ4v) is 4.02. The van der Waals surface area contributed by atoms with Crippen molar-refractivity contribution in [3.8, 4) is 5.75 Å². The molecule has 0 amide bonds. The van der Waals surface area contributed by atoms with E-state index in [1.165, 1.54) is 7.11 Å². The molecule has 0 unspecified atom stereocenters. The standard InChI is InChI=1S/C21H29N3O7/c1-30-15-2-3-18-16(12-15)17(13-24(18)14-19(26)27)20(21(28)29)23-6-4-22(5-7-23)8-10-31-11-9-25/h2-3,12-13,20,25H,4-11,14H2,1H3,(H,26,27)(H,28,29)/t20-/m1/s1. The number of aliphatic carboxylic acids is 2. The fraction of sp³-hybridized carbons (Fsp3) is 0.524. The first-order valence-corrected chi connectivity index (χ1v) is 10.2. The van der Waals surface area contributed by atoms with Crippen LogP contribution in [0, 0.1) is 0 Å². The Hall–Kier alpha value is -2.66. The van der Waals surface area contributed by atoms with Crippen LogP contribution in [0.5, 0.6) is 5.75 Å². The lowest BCUT2D eigenvalue weighted by atomic mass is 10.0. The highest BCUT2D eigenvalue weighted by molar-refractivity contribution is 5.91. The lowest BCUT2D eigenvalue weighted by molar-refractivity contribution is -0.144. The molecule has 1 aromatic carbocycles. The highest BCUT2D eigenvalue weighted by Crippen LogP contribution is 2.33. The monoisotopic (exact) mass is 435 g/mol. The molecule has 10 nitrogen and oxygen atoms in total. The largest absolute Gasteiger partial charge is 0.497 e. The zero-order valence-corrected chi connectivity index (χ0v) is 17.6. The molecule has 1 fully saturated rings. The minimum absolute atomic E-state index is 0.00562. The fourth-order valence-electron chi connectivity index (χ4n) is 4.02. The van der Waals surface area contributed by atoms with Crippen molar-refractivity contribution in [1.82, 2.24) is 14.4 Å². The van der Waals surface area contributed by atoms with Gasteiger partial charge in [-0.15, -0.1) is 0 Å². The number of benzene rings is 1. The predicted octanol–water partition coefficient (Wildman–Crippen LogP) is 0.487. The Balaban J connectivity index is 1.83. The van der Waals surface area contributed by atoms with E-state index in [4.69, 9.17) is 14.6 Å². The highest BCUT2D eigenvalue weighted by atomic mass is 16.5.